The van der Waals surface area contributed by atoms with Crippen LogP contribution in [0.15, 0.2) is 0 Å². The summed E-state index contributed by atoms with van der Waals surface area (Å²) in [5.74, 6) is -2.42. The Kier molecular flexibility index (Phi) is 12.0. The molecule has 0 aromatic rings. The summed E-state index contributed by atoms with van der Waals surface area (Å²) in [6, 6.07) is -2.70. The summed E-state index contributed by atoms with van der Waals surface area (Å²) >= 11 is 0. The number of carbonyl (C=O) groups excluding carboxylic acids is 3. The summed E-state index contributed by atoms with van der Waals surface area (Å²) in [7, 11) is 0. The molecule has 0 heterocycles. The summed E-state index contributed by atoms with van der Waals surface area (Å²) in [6.07, 6.45) is 2.43. The van der Waals surface area contributed by atoms with E-state index in [0.29, 0.717) is 6.42 Å². The van der Waals surface area contributed by atoms with Crippen molar-refractivity contribution >= 4 is 23.7 Å². The van der Waals surface area contributed by atoms with Gasteiger partial charge in [-0.05, 0) is 25.7 Å². The van der Waals surface area contributed by atoms with Gasteiger partial charge in [0.1, 0.15) is 18.1 Å². The first kappa shape index (κ1) is 24.8. The van der Waals surface area contributed by atoms with Crippen molar-refractivity contribution in [3.05, 3.63) is 0 Å². The number of rotatable bonds is 13. The fourth-order valence-electron chi connectivity index (χ4n) is 2.44. The number of hydrogen-bond acceptors (Lipinski definition) is 5. The van der Waals surface area contributed by atoms with Gasteiger partial charge in [-0.2, -0.15) is 0 Å². The maximum atomic E-state index is 12.4. The number of amides is 3. The van der Waals surface area contributed by atoms with Crippen LogP contribution in [0.25, 0.3) is 0 Å². The van der Waals surface area contributed by atoms with Crippen LogP contribution in [0.2, 0.25) is 0 Å². The maximum absolute atomic E-state index is 12.4. The lowest BCUT2D eigenvalue weighted by molar-refractivity contribution is -0.142. The summed E-state index contributed by atoms with van der Waals surface area (Å²) in [4.78, 5) is 47.7. The first-order chi connectivity index (χ1) is 12.6. The summed E-state index contributed by atoms with van der Waals surface area (Å²) in [5.41, 5.74) is 5.34. The molecule has 0 rings (SSSR count). The van der Waals surface area contributed by atoms with E-state index in [4.69, 9.17) is 5.73 Å². The molecule has 0 saturated heterocycles. The molecule has 0 aliphatic rings. The number of carboxylic acids is 1. The lowest BCUT2D eigenvalue weighted by Crippen LogP contribution is -2.55. The highest BCUT2D eigenvalue weighted by Gasteiger charge is 2.27. The second-order valence-electron chi connectivity index (χ2n) is 7.06. The molecule has 0 aromatic carbocycles. The van der Waals surface area contributed by atoms with Crippen molar-refractivity contribution in [1.82, 2.24) is 16.0 Å². The van der Waals surface area contributed by atoms with Crippen molar-refractivity contribution in [2.75, 3.05) is 6.54 Å². The Balaban J connectivity index is 4.85. The molecule has 9 nitrogen and oxygen atoms in total. The minimum atomic E-state index is -1.12. The van der Waals surface area contributed by atoms with Crippen molar-refractivity contribution in [2.24, 2.45) is 11.7 Å². The molecular formula is C18H34N4O5. The zero-order valence-corrected chi connectivity index (χ0v) is 16.7. The molecule has 3 atom stereocenters. The van der Waals surface area contributed by atoms with E-state index in [2.05, 4.69) is 16.0 Å². The van der Waals surface area contributed by atoms with Crippen LogP contribution in [0.3, 0.4) is 0 Å². The topological polar surface area (TPSA) is 151 Å². The second-order valence-corrected chi connectivity index (χ2v) is 7.06. The van der Waals surface area contributed by atoms with Crippen LogP contribution in [0.4, 0.5) is 0 Å². The molecule has 0 aromatic heterocycles. The van der Waals surface area contributed by atoms with E-state index in [0.717, 1.165) is 12.8 Å². The number of aliphatic carboxylic acids is 1. The Bertz CT molecular complexity index is 510. The van der Waals surface area contributed by atoms with Crippen LogP contribution < -0.4 is 21.7 Å². The van der Waals surface area contributed by atoms with Crippen LogP contribution in [0, 0.1) is 5.92 Å². The molecule has 0 saturated carbocycles. The van der Waals surface area contributed by atoms with Gasteiger partial charge >= 0.3 is 5.97 Å². The van der Waals surface area contributed by atoms with E-state index in [1.54, 1.807) is 0 Å². The Hall–Kier alpha value is -2.16. The van der Waals surface area contributed by atoms with Crippen LogP contribution in [-0.2, 0) is 19.2 Å². The number of nitrogens with two attached hydrogens (primary N) is 1. The average molecular weight is 386 g/mol. The van der Waals surface area contributed by atoms with Gasteiger partial charge in [0, 0.05) is 13.0 Å². The van der Waals surface area contributed by atoms with E-state index in [9.17, 15) is 24.3 Å². The lowest BCUT2D eigenvalue weighted by atomic mass is 10.0. The highest BCUT2D eigenvalue weighted by atomic mass is 16.4. The second kappa shape index (κ2) is 13.1. The molecule has 6 N–H and O–H groups in total. The molecule has 0 aliphatic heterocycles. The molecule has 0 unspecified atom stereocenters. The van der Waals surface area contributed by atoms with E-state index >= 15 is 0 Å². The predicted molar refractivity (Wildman–Crippen MR) is 102 cm³/mol. The van der Waals surface area contributed by atoms with Crippen molar-refractivity contribution in [3.8, 4) is 0 Å². The van der Waals surface area contributed by atoms with Gasteiger partial charge in [-0.1, -0.05) is 33.6 Å². The highest BCUT2D eigenvalue weighted by Crippen LogP contribution is 2.06. The van der Waals surface area contributed by atoms with Crippen LogP contribution in [-0.4, -0.2) is 53.5 Å². The largest absolute Gasteiger partial charge is 0.480 e. The highest BCUT2D eigenvalue weighted by molar-refractivity contribution is 5.93. The number of carboxylic acid groups (broad SMARTS) is 1. The van der Waals surface area contributed by atoms with Gasteiger partial charge in [-0.15, -0.1) is 0 Å². The molecule has 27 heavy (non-hydrogen) atoms. The van der Waals surface area contributed by atoms with Gasteiger partial charge in [0.05, 0.1) is 0 Å². The quantitative estimate of drug-likeness (QED) is 0.303. The van der Waals surface area contributed by atoms with Gasteiger partial charge in [0.2, 0.25) is 17.7 Å². The minimum absolute atomic E-state index is 0.0903. The molecule has 9 heteroatoms. The standard InChI is InChI=1S/C18H34N4O5/c1-5-6-7-13(21-15(23)8-9-19)17(25)20-12(4)16(24)22-14(18(26)27)10-11(2)3/h11-14H,5-10,19H2,1-4H3,(H,20,25)(H,21,23)(H,22,24)(H,26,27)/t12-,13-,14-/m0/s1. The van der Waals surface area contributed by atoms with Gasteiger partial charge < -0.3 is 26.8 Å². The van der Waals surface area contributed by atoms with E-state index in [1.807, 2.05) is 20.8 Å². The Labute approximate surface area is 160 Å². The summed E-state index contributed by atoms with van der Waals surface area (Å²) in [5, 5.41) is 16.8. The molecule has 0 spiro atoms. The normalized spacial score (nSPS) is 14.1. The third kappa shape index (κ3) is 10.5. The number of hydrogen-bond donors (Lipinski definition) is 5. The third-order valence-corrected chi connectivity index (χ3v) is 3.94. The first-order valence-corrected chi connectivity index (χ1v) is 9.45. The first-order valence-electron chi connectivity index (χ1n) is 9.45. The monoisotopic (exact) mass is 386 g/mol. The average Bonchev–Trinajstić information content (AvgIpc) is 2.57. The zero-order chi connectivity index (χ0) is 21.0. The maximum Gasteiger partial charge on any atom is 0.326 e. The third-order valence-electron chi connectivity index (χ3n) is 3.94. The van der Waals surface area contributed by atoms with Gasteiger partial charge in [-0.3, -0.25) is 14.4 Å². The van der Waals surface area contributed by atoms with Crippen molar-refractivity contribution in [2.45, 2.75) is 77.9 Å². The van der Waals surface area contributed by atoms with Gasteiger partial charge in [0.15, 0.2) is 0 Å². The Morgan fingerprint density at radius 2 is 1.59 bits per heavy atom. The molecular weight excluding hydrogens is 352 g/mol. The van der Waals surface area contributed by atoms with E-state index in [-0.39, 0.29) is 31.2 Å². The molecule has 0 bridgehead atoms. The molecule has 3 amide bonds. The molecule has 0 radical (unpaired) electrons. The van der Waals surface area contributed by atoms with Gasteiger partial charge in [-0.25, -0.2) is 4.79 Å². The number of nitrogens with one attached hydrogen (secondary N) is 3. The number of carbonyl (C=O) groups is 4. The van der Waals surface area contributed by atoms with Crippen molar-refractivity contribution < 1.29 is 24.3 Å². The smallest absolute Gasteiger partial charge is 0.326 e. The molecule has 156 valence electrons. The van der Waals surface area contributed by atoms with E-state index in [1.165, 1.54) is 6.92 Å². The van der Waals surface area contributed by atoms with Gasteiger partial charge in [0.25, 0.3) is 0 Å². The lowest BCUT2D eigenvalue weighted by Gasteiger charge is -2.23. The fraction of sp³-hybridized carbons (Fsp3) is 0.778. The van der Waals surface area contributed by atoms with Crippen LogP contribution in [0.1, 0.15) is 59.8 Å². The Morgan fingerprint density at radius 3 is 2.07 bits per heavy atom. The molecule has 0 fully saturated rings. The van der Waals surface area contributed by atoms with Crippen LogP contribution in [0.5, 0.6) is 0 Å². The van der Waals surface area contributed by atoms with E-state index < -0.39 is 35.9 Å². The fourth-order valence-corrected chi connectivity index (χ4v) is 2.44. The Morgan fingerprint density at radius 1 is 0.963 bits per heavy atom. The summed E-state index contributed by atoms with van der Waals surface area (Å²) in [6.45, 7) is 7.33. The molecule has 0 aliphatic carbocycles. The predicted octanol–water partition coefficient (Wildman–Crippen LogP) is 0.130. The zero-order valence-electron chi connectivity index (χ0n) is 16.7. The SMILES string of the molecule is CCCC[C@H](NC(=O)CCN)C(=O)N[C@@H](C)C(=O)N[C@@H](CC(C)C)C(=O)O. The number of unbranched alkanes of at least 4 members (excludes halogenated alkanes) is 1. The summed E-state index contributed by atoms with van der Waals surface area (Å²) < 4.78 is 0. The van der Waals surface area contributed by atoms with Crippen molar-refractivity contribution in [1.29, 1.82) is 0 Å². The minimum Gasteiger partial charge on any atom is -0.480 e. The van der Waals surface area contributed by atoms with Crippen LogP contribution >= 0.6 is 0 Å². The van der Waals surface area contributed by atoms with Crippen molar-refractivity contribution in [3.63, 3.8) is 0 Å².